The lowest BCUT2D eigenvalue weighted by Gasteiger charge is -1.88. The zero-order valence-corrected chi connectivity index (χ0v) is 7.14. The number of anilines is 1. The van der Waals surface area contributed by atoms with E-state index in [1.54, 1.807) is 5.38 Å². The molecule has 2 aromatic rings. The van der Waals surface area contributed by atoms with Crippen LogP contribution in [0.15, 0.2) is 9.80 Å². The molecule has 0 fully saturated rings. The summed E-state index contributed by atoms with van der Waals surface area (Å²) >= 11 is 1.26. The van der Waals surface area contributed by atoms with Crippen molar-refractivity contribution in [1.29, 1.82) is 0 Å². The van der Waals surface area contributed by atoms with Crippen LogP contribution in [0.4, 0.5) is 5.69 Å². The molecule has 0 atom stereocenters. The van der Waals surface area contributed by atoms with Gasteiger partial charge in [-0.1, -0.05) is 0 Å². The van der Waals surface area contributed by atoms with E-state index < -0.39 is 0 Å². The molecule has 12 heavy (non-hydrogen) atoms. The Kier molecular flexibility index (Phi) is 1.41. The zero-order chi connectivity index (χ0) is 8.72. The van der Waals surface area contributed by atoms with Crippen molar-refractivity contribution in [2.75, 3.05) is 5.73 Å². The summed E-state index contributed by atoms with van der Waals surface area (Å²) in [6, 6.07) is 0. The topological polar surface area (TPSA) is 69.1 Å². The number of carbonyl (C=O) groups is 1. The first-order valence-corrected chi connectivity index (χ1v) is 4.17. The summed E-state index contributed by atoms with van der Waals surface area (Å²) in [6.07, 6.45) is 0. The Bertz CT molecular complexity index is 443. The molecule has 0 unspecified atom stereocenters. The average Bonchev–Trinajstić information content (AvgIpc) is 2.53. The van der Waals surface area contributed by atoms with Gasteiger partial charge in [0, 0.05) is 12.3 Å². The van der Waals surface area contributed by atoms with Gasteiger partial charge in [0.2, 0.25) is 5.71 Å². The van der Waals surface area contributed by atoms with E-state index in [1.807, 2.05) is 0 Å². The molecule has 0 radical (unpaired) electrons. The standard InChI is InChI=1S/C7H6N2O2S/c1-3(10)6-5(8)4-2-12-9-7(4)11-6/h2H,8H2,1H3. The predicted octanol–water partition coefficient (Wildman–Crippen LogP) is 1.67. The molecular formula is C7H6N2O2S. The van der Waals surface area contributed by atoms with E-state index in [0.717, 1.165) is 5.39 Å². The molecule has 2 heterocycles. The number of furan rings is 1. The first kappa shape index (κ1) is 7.30. The molecule has 2 N–H and O–H groups in total. The van der Waals surface area contributed by atoms with Gasteiger partial charge >= 0.3 is 0 Å². The van der Waals surface area contributed by atoms with Gasteiger partial charge in [-0.2, -0.15) is 4.37 Å². The van der Waals surface area contributed by atoms with Crippen molar-refractivity contribution < 1.29 is 9.21 Å². The van der Waals surface area contributed by atoms with E-state index in [-0.39, 0.29) is 11.5 Å². The molecule has 0 aromatic carbocycles. The summed E-state index contributed by atoms with van der Waals surface area (Å²) < 4.78 is 9.05. The molecule has 4 nitrogen and oxygen atoms in total. The molecule has 0 aliphatic carbocycles. The molecular weight excluding hydrogens is 176 g/mol. The predicted molar refractivity (Wildman–Crippen MR) is 46.3 cm³/mol. The number of hydrogen-bond acceptors (Lipinski definition) is 5. The molecule has 0 aliphatic heterocycles. The fourth-order valence-electron chi connectivity index (χ4n) is 1.01. The Hall–Kier alpha value is -1.36. The third-order valence-electron chi connectivity index (χ3n) is 1.59. The van der Waals surface area contributed by atoms with Gasteiger partial charge in [-0.3, -0.25) is 4.79 Å². The van der Waals surface area contributed by atoms with Gasteiger partial charge < -0.3 is 10.2 Å². The number of carbonyl (C=O) groups excluding carboxylic acids is 1. The Labute approximate surface area is 72.1 Å². The fourth-order valence-corrected chi connectivity index (χ4v) is 1.63. The second kappa shape index (κ2) is 2.31. The van der Waals surface area contributed by atoms with Crippen LogP contribution >= 0.6 is 11.5 Å². The van der Waals surface area contributed by atoms with Crippen molar-refractivity contribution in [3.8, 4) is 0 Å². The molecule has 0 saturated heterocycles. The van der Waals surface area contributed by atoms with Crippen LogP contribution in [0.2, 0.25) is 0 Å². The largest absolute Gasteiger partial charge is 0.432 e. The van der Waals surface area contributed by atoms with E-state index in [9.17, 15) is 4.79 Å². The van der Waals surface area contributed by atoms with Crippen LogP contribution in [0, 0.1) is 0 Å². The molecule has 0 spiro atoms. The number of aromatic nitrogens is 1. The quantitative estimate of drug-likeness (QED) is 0.681. The third-order valence-corrected chi connectivity index (χ3v) is 2.20. The van der Waals surface area contributed by atoms with Crippen LogP contribution in [0.3, 0.4) is 0 Å². The van der Waals surface area contributed by atoms with Crippen LogP contribution in [0.5, 0.6) is 0 Å². The maximum absolute atomic E-state index is 10.9. The summed E-state index contributed by atoms with van der Waals surface area (Å²) in [5.74, 6) is 0.0378. The second-order valence-corrected chi connectivity index (χ2v) is 3.06. The van der Waals surface area contributed by atoms with E-state index in [2.05, 4.69) is 4.37 Å². The van der Waals surface area contributed by atoms with Crippen molar-refractivity contribution >= 4 is 34.1 Å². The Morgan fingerprint density at radius 3 is 3.08 bits per heavy atom. The van der Waals surface area contributed by atoms with Crippen LogP contribution in [0.1, 0.15) is 17.5 Å². The number of hydrogen-bond donors (Lipinski definition) is 1. The summed E-state index contributed by atoms with van der Waals surface area (Å²) in [6.45, 7) is 1.41. The van der Waals surface area contributed by atoms with Crippen molar-refractivity contribution in [3.05, 3.63) is 11.1 Å². The average molecular weight is 182 g/mol. The van der Waals surface area contributed by atoms with Gasteiger partial charge in [0.25, 0.3) is 0 Å². The van der Waals surface area contributed by atoms with E-state index in [4.69, 9.17) is 10.2 Å². The van der Waals surface area contributed by atoms with Gasteiger partial charge in [-0.05, 0) is 11.5 Å². The molecule has 2 aromatic heterocycles. The van der Waals surface area contributed by atoms with Gasteiger partial charge in [0.1, 0.15) is 0 Å². The summed E-state index contributed by atoms with van der Waals surface area (Å²) in [5, 5.41) is 2.49. The minimum atomic E-state index is -0.171. The van der Waals surface area contributed by atoms with E-state index in [0.29, 0.717) is 11.4 Å². The summed E-state index contributed by atoms with van der Waals surface area (Å²) in [7, 11) is 0. The molecule has 2 rings (SSSR count). The highest BCUT2D eigenvalue weighted by atomic mass is 32.1. The fraction of sp³-hybridized carbons (Fsp3) is 0.143. The molecule has 0 saturated carbocycles. The summed E-state index contributed by atoms with van der Waals surface area (Å²) in [4.78, 5) is 10.9. The van der Waals surface area contributed by atoms with Gasteiger partial charge in [-0.25, -0.2) is 0 Å². The normalized spacial score (nSPS) is 10.8. The third kappa shape index (κ3) is 0.831. The summed E-state index contributed by atoms with van der Waals surface area (Å²) in [5.41, 5.74) is 6.48. The van der Waals surface area contributed by atoms with Crippen molar-refractivity contribution in [2.45, 2.75) is 6.92 Å². The zero-order valence-electron chi connectivity index (χ0n) is 6.33. The van der Waals surface area contributed by atoms with Gasteiger partial charge in [-0.15, -0.1) is 0 Å². The van der Waals surface area contributed by atoms with E-state index >= 15 is 0 Å². The first-order valence-electron chi connectivity index (χ1n) is 3.33. The Morgan fingerprint density at radius 1 is 1.75 bits per heavy atom. The lowest BCUT2D eigenvalue weighted by Crippen LogP contribution is -1.94. The monoisotopic (exact) mass is 182 g/mol. The van der Waals surface area contributed by atoms with Crippen molar-refractivity contribution in [3.63, 3.8) is 0 Å². The minimum Gasteiger partial charge on any atom is -0.432 e. The van der Waals surface area contributed by atoms with Gasteiger partial charge in [0.05, 0.1) is 11.1 Å². The van der Waals surface area contributed by atoms with Crippen molar-refractivity contribution in [1.82, 2.24) is 4.37 Å². The second-order valence-electron chi connectivity index (χ2n) is 2.43. The van der Waals surface area contributed by atoms with Gasteiger partial charge in [0.15, 0.2) is 11.5 Å². The smallest absolute Gasteiger partial charge is 0.240 e. The highest BCUT2D eigenvalue weighted by molar-refractivity contribution is 7.04. The molecule has 5 heteroatoms. The van der Waals surface area contributed by atoms with E-state index in [1.165, 1.54) is 18.5 Å². The Morgan fingerprint density at radius 2 is 2.50 bits per heavy atom. The number of fused-ring (bicyclic) bond motifs is 1. The first-order chi connectivity index (χ1) is 5.70. The number of Topliss-reactive ketones (excluding diaryl/α,β-unsaturated/α-hetero) is 1. The molecule has 62 valence electrons. The number of nitrogens with two attached hydrogens (primary N) is 1. The lowest BCUT2D eigenvalue weighted by molar-refractivity contribution is 0.0990. The minimum absolute atomic E-state index is 0.171. The Balaban J connectivity index is 2.78. The number of nitrogens with zero attached hydrogens (tertiary/aromatic N) is 1. The van der Waals surface area contributed by atoms with Crippen LogP contribution in [-0.4, -0.2) is 10.2 Å². The number of ketones is 1. The molecule has 0 bridgehead atoms. The number of nitrogen functional groups attached to an aromatic ring is 1. The molecule has 0 amide bonds. The van der Waals surface area contributed by atoms with Crippen molar-refractivity contribution in [2.24, 2.45) is 0 Å². The molecule has 0 aliphatic rings. The highest BCUT2D eigenvalue weighted by Gasteiger charge is 2.16. The maximum Gasteiger partial charge on any atom is 0.240 e. The lowest BCUT2D eigenvalue weighted by atomic mass is 10.2. The highest BCUT2D eigenvalue weighted by Crippen LogP contribution is 2.28. The maximum atomic E-state index is 10.9. The van der Waals surface area contributed by atoms with Crippen LogP contribution < -0.4 is 5.73 Å². The van der Waals surface area contributed by atoms with Crippen LogP contribution in [0.25, 0.3) is 11.1 Å². The SMILES string of the molecule is CC(=O)c1oc2nscc2c1N. The van der Waals surface area contributed by atoms with Crippen LogP contribution in [-0.2, 0) is 0 Å². The number of rotatable bonds is 1.